The van der Waals surface area contributed by atoms with E-state index in [1.165, 1.54) is 0 Å². The number of amides is 2. The van der Waals surface area contributed by atoms with E-state index in [9.17, 15) is 9.59 Å². The van der Waals surface area contributed by atoms with Crippen LogP contribution < -0.4 is 11.1 Å². The van der Waals surface area contributed by atoms with Gasteiger partial charge in [0.2, 0.25) is 11.8 Å². The molecule has 2 heterocycles. The van der Waals surface area contributed by atoms with E-state index in [4.69, 9.17) is 5.73 Å². The predicted molar refractivity (Wildman–Crippen MR) is 73.3 cm³/mol. The van der Waals surface area contributed by atoms with Gasteiger partial charge in [0.05, 0.1) is 5.41 Å². The molecule has 1 unspecified atom stereocenters. The minimum atomic E-state index is -0.224. The molecule has 2 fully saturated rings. The fraction of sp³-hybridized carbons (Fsp3) is 0.857. The molecule has 0 aromatic heterocycles. The zero-order valence-electron chi connectivity index (χ0n) is 11.8. The van der Waals surface area contributed by atoms with Crippen LogP contribution in [0.5, 0.6) is 0 Å². The molecule has 1 atom stereocenters. The summed E-state index contributed by atoms with van der Waals surface area (Å²) in [6.07, 6.45) is 4.36. The first-order valence-corrected chi connectivity index (χ1v) is 7.38. The van der Waals surface area contributed by atoms with Gasteiger partial charge < -0.3 is 16.0 Å². The summed E-state index contributed by atoms with van der Waals surface area (Å²) in [7, 11) is 0. The molecular formula is C14H25N3O2. The predicted octanol–water partition coefficient (Wildman–Crippen LogP) is 0.490. The molecule has 2 aliphatic heterocycles. The molecule has 3 N–H and O–H groups in total. The lowest BCUT2D eigenvalue weighted by Crippen LogP contribution is -2.49. The Bertz CT molecular complexity index is 343. The van der Waals surface area contributed by atoms with E-state index in [0.717, 1.165) is 45.2 Å². The molecule has 0 aromatic rings. The second-order valence-electron chi connectivity index (χ2n) is 5.93. The molecule has 0 aliphatic carbocycles. The summed E-state index contributed by atoms with van der Waals surface area (Å²) in [5, 5.41) is 3.32. The molecular weight excluding hydrogens is 242 g/mol. The van der Waals surface area contributed by atoms with Crippen molar-refractivity contribution in [2.45, 2.75) is 39.0 Å². The molecule has 0 aromatic carbocycles. The van der Waals surface area contributed by atoms with Gasteiger partial charge in [-0.3, -0.25) is 9.59 Å². The van der Waals surface area contributed by atoms with Gasteiger partial charge in [0.1, 0.15) is 0 Å². The molecule has 2 amide bonds. The average molecular weight is 267 g/mol. The summed E-state index contributed by atoms with van der Waals surface area (Å²) in [5.41, 5.74) is 5.13. The van der Waals surface area contributed by atoms with Crippen molar-refractivity contribution >= 4 is 11.8 Å². The third kappa shape index (κ3) is 2.91. The highest BCUT2D eigenvalue weighted by Crippen LogP contribution is 2.34. The highest BCUT2D eigenvalue weighted by molar-refractivity contribution is 5.84. The summed E-state index contributed by atoms with van der Waals surface area (Å²) in [5.74, 6) is 0.00746. The van der Waals surface area contributed by atoms with E-state index in [1.54, 1.807) is 0 Å². The molecule has 108 valence electrons. The zero-order chi connectivity index (χ0) is 13.9. The fourth-order valence-electron chi connectivity index (χ4n) is 3.43. The first kappa shape index (κ1) is 14.3. The molecule has 19 heavy (non-hydrogen) atoms. The van der Waals surface area contributed by atoms with E-state index >= 15 is 0 Å². The van der Waals surface area contributed by atoms with Crippen LogP contribution in [0.4, 0.5) is 0 Å². The second-order valence-corrected chi connectivity index (χ2v) is 5.93. The minimum absolute atomic E-state index is 0.0483. The van der Waals surface area contributed by atoms with E-state index in [-0.39, 0.29) is 23.1 Å². The zero-order valence-corrected chi connectivity index (χ0v) is 11.8. The van der Waals surface area contributed by atoms with Gasteiger partial charge in [0.25, 0.3) is 0 Å². The Morgan fingerprint density at radius 3 is 2.53 bits per heavy atom. The van der Waals surface area contributed by atoms with Crippen LogP contribution in [0.25, 0.3) is 0 Å². The van der Waals surface area contributed by atoms with Crippen LogP contribution in [0.15, 0.2) is 0 Å². The lowest BCUT2D eigenvalue weighted by Gasteiger charge is -2.37. The van der Waals surface area contributed by atoms with Crippen molar-refractivity contribution in [1.29, 1.82) is 0 Å². The summed E-state index contributed by atoms with van der Waals surface area (Å²) in [6.45, 7) is 5.22. The van der Waals surface area contributed by atoms with Gasteiger partial charge in [0.15, 0.2) is 0 Å². The lowest BCUT2D eigenvalue weighted by atomic mass is 9.80. The molecule has 5 heteroatoms. The molecule has 5 nitrogen and oxygen atoms in total. The maximum absolute atomic E-state index is 12.8. The van der Waals surface area contributed by atoms with Gasteiger partial charge in [0, 0.05) is 25.6 Å². The topological polar surface area (TPSA) is 75.4 Å². The van der Waals surface area contributed by atoms with Crippen molar-refractivity contribution in [2.75, 3.05) is 26.2 Å². The van der Waals surface area contributed by atoms with Crippen molar-refractivity contribution in [3.63, 3.8) is 0 Å². The molecule has 0 radical (unpaired) electrons. The number of likely N-dealkylation sites (tertiary alicyclic amines) is 1. The number of primary amides is 1. The standard InChI is InChI=1S/C14H25N3O2/c1-2-5-14(6-7-16-10-14)13(19)17-8-3-11(4-9-17)12(15)18/h11,16H,2-10H2,1H3,(H2,15,18). The quantitative estimate of drug-likeness (QED) is 0.778. The SMILES string of the molecule is CCCC1(C(=O)N2CCC(C(N)=O)CC2)CCNC1. The largest absolute Gasteiger partial charge is 0.369 e. The summed E-state index contributed by atoms with van der Waals surface area (Å²) in [4.78, 5) is 25.9. The van der Waals surface area contributed by atoms with Crippen molar-refractivity contribution in [1.82, 2.24) is 10.2 Å². The van der Waals surface area contributed by atoms with E-state index in [0.29, 0.717) is 13.1 Å². The van der Waals surface area contributed by atoms with Crippen molar-refractivity contribution < 1.29 is 9.59 Å². The van der Waals surface area contributed by atoms with Crippen LogP contribution in [0.3, 0.4) is 0 Å². The molecule has 0 bridgehead atoms. The Morgan fingerprint density at radius 2 is 2.05 bits per heavy atom. The van der Waals surface area contributed by atoms with Crippen molar-refractivity contribution in [3.05, 3.63) is 0 Å². The third-order valence-electron chi connectivity index (χ3n) is 4.61. The van der Waals surface area contributed by atoms with Crippen LogP contribution in [0.2, 0.25) is 0 Å². The van der Waals surface area contributed by atoms with Crippen molar-refractivity contribution in [3.8, 4) is 0 Å². The number of carbonyl (C=O) groups is 2. The monoisotopic (exact) mass is 267 g/mol. The number of hydrogen-bond acceptors (Lipinski definition) is 3. The lowest BCUT2D eigenvalue weighted by molar-refractivity contribution is -0.144. The van der Waals surface area contributed by atoms with Crippen LogP contribution in [-0.2, 0) is 9.59 Å². The summed E-state index contributed by atoms with van der Waals surface area (Å²) in [6, 6.07) is 0. The number of carbonyl (C=O) groups excluding carboxylic acids is 2. The van der Waals surface area contributed by atoms with Gasteiger partial charge in [-0.15, -0.1) is 0 Å². The number of piperidine rings is 1. The van der Waals surface area contributed by atoms with E-state index in [1.807, 2.05) is 4.90 Å². The highest BCUT2D eigenvalue weighted by atomic mass is 16.2. The van der Waals surface area contributed by atoms with E-state index < -0.39 is 0 Å². The molecule has 2 rings (SSSR count). The maximum Gasteiger partial charge on any atom is 0.230 e. The Hall–Kier alpha value is -1.10. The van der Waals surface area contributed by atoms with Gasteiger partial charge >= 0.3 is 0 Å². The number of nitrogens with two attached hydrogens (primary N) is 1. The van der Waals surface area contributed by atoms with Gasteiger partial charge in [-0.05, 0) is 32.2 Å². The number of nitrogens with one attached hydrogen (secondary N) is 1. The number of hydrogen-bond donors (Lipinski definition) is 2. The maximum atomic E-state index is 12.8. The number of nitrogens with zero attached hydrogens (tertiary/aromatic N) is 1. The van der Waals surface area contributed by atoms with Crippen LogP contribution in [-0.4, -0.2) is 42.9 Å². The molecule has 2 aliphatic rings. The Labute approximate surface area is 114 Å². The molecule has 0 saturated carbocycles. The Balaban J connectivity index is 1.98. The van der Waals surface area contributed by atoms with Gasteiger partial charge in [-0.2, -0.15) is 0 Å². The minimum Gasteiger partial charge on any atom is -0.369 e. The summed E-state index contributed by atoms with van der Waals surface area (Å²) >= 11 is 0. The fourth-order valence-corrected chi connectivity index (χ4v) is 3.43. The van der Waals surface area contributed by atoms with E-state index in [2.05, 4.69) is 12.2 Å². The average Bonchev–Trinajstić information content (AvgIpc) is 2.88. The first-order valence-electron chi connectivity index (χ1n) is 7.38. The second kappa shape index (κ2) is 5.90. The normalized spacial score (nSPS) is 28.6. The van der Waals surface area contributed by atoms with Gasteiger partial charge in [-0.1, -0.05) is 13.3 Å². The number of rotatable bonds is 4. The molecule has 0 spiro atoms. The highest BCUT2D eigenvalue weighted by Gasteiger charge is 2.43. The van der Waals surface area contributed by atoms with Crippen molar-refractivity contribution in [2.24, 2.45) is 17.1 Å². The van der Waals surface area contributed by atoms with Crippen LogP contribution in [0.1, 0.15) is 39.0 Å². The van der Waals surface area contributed by atoms with Crippen LogP contribution >= 0.6 is 0 Å². The Morgan fingerprint density at radius 1 is 1.37 bits per heavy atom. The van der Waals surface area contributed by atoms with Gasteiger partial charge in [-0.25, -0.2) is 0 Å². The first-order chi connectivity index (χ1) is 9.09. The Kier molecular flexibility index (Phi) is 4.45. The summed E-state index contributed by atoms with van der Waals surface area (Å²) < 4.78 is 0. The molecule has 2 saturated heterocycles. The third-order valence-corrected chi connectivity index (χ3v) is 4.61. The smallest absolute Gasteiger partial charge is 0.230 e. The van der Waals surface area contributed by atoms with Crippen LogP contribution in [0, 0.1) is 11.3 Å².